The van der Waals surface area contributed by atoms with Crippen LogP contribution in [0, 0.1) is 44.8 Å². The largest absolute Gasteiger partial charge is 0.432 e. The number of hydrogen-bond donors (Lipinski definition) is 14. The maximum Gasteiger partial charge on any atom is 0.315 e. The Morgan fingerprint density at radius 2 is 1.23 bits per heavy atom. The standard InChI is InChI=1S/C57H90O25/c1-23-10-15-57(52(72)82-49-43(70)40(67)38(65)30(78-49)22-75-47-42(69)39(66)37(64)29(19-58)77-47)17-16-55(6)25(26(57)18-23)8-9-32-54(5)13-12-33(53(3,4)31(54)11-14-56(32,55)7)79-51-46(36(63)28(60)21-74-51)81-50-44(71)45(34(61)24(2)76-50)80-48-41(68)35(62)27(59)20-73-48/h8,24,26-51,58-71H,1,9-22H2,2-7H3/t24-,26+,27-,28-,29+,30+,31+,32+,33-,34-,35-,36-,37+,38+,39-,40-,41+,42+,43+,44+,45+,46+,47+,48+,49-,50+,51-,54-,55+,56+,57-/m0/s1. The molecule has 5 aliphatic carbocycles. The third-order valence-electron chi connectivity index (χ3n) is 22.1. The van der Waals surface area contributed by atoms with Gasteiger partial charge in [0.1, 0.15) is 104 Å². The Labute approximate surface area is 476 Å². The minimum atomic E-state index is -1.85. The Balaban J connectivity index is 0.831. The molecule has 82 heavy (non-hydrogen) atoms. The lowest BCUT2D eigenvalue weighted by molar-refractivity contribution is -0.378. The van der Waals surface area contributed by atoms with Gasteiger partial charge in [-0.05, 0) is 105 Å². The third kappa shape index (κ3) is 10.5. The molecule has 0 aromatic carbocycles. The minimum absolute atomic E-state index is 0.129. The molecule has 0 spiro atoms. The lowest BCUT2D eigenvalue weighted by atomic mass is 9.34. The molecule has 25 nitrogen and oxygen atoms in total. The number of esters is 1. The quantitative estimate of drug-likeness (QED) is 0.0551. The lowest BCUT2D eigenvalue weighted by Gasteiger charge is -2.71. The smallest absolute Gasteiger partial charge is 0.315 e. The van der Waals surface area contributed by atoms with Crippen LogP contribution in [0.4, 0.5) is 0 Å². The molecule has 0 aromatic rings. The molecule has 468 valence electrons. The zero-order chi connectivity index (χ0) is 59.5. The van der Waals surface area contributed by atoms with Gasteiger partial charge in [-0.25, -0.2) is 0 Å². The van der Waals surface area contributed by atoms with Crippen molar-refractivity contribution in [1.82, 2.24) is 0 Å². The third-order valence-corrected chi connectivity index (χ3v) is 22.1. The van der Waals surface area contributed by atoms with Crippen LogP contribution in [0.2, 0.25) is 0 Å². The molecule has 25 heteroatoms. The molecule has 0 radical (unpaired) electrons. The van der Waals surface area contributed by atoms with Crippen LogP contribution in [0.1, 0.15) is 106 Å². The highest BCUT2D eigenvalue weighted by atomic mass is 16.8. The summed E-state index contributed by atoms with van der Waals surface area (Å²) in [5.41, 5.74) is -0.171. The Morgan fingerprint density at radius 1 is 0.610 bits per heavy atom. The van der Waals surface area contributed by atoms with Crippen LogP contribution in [-0.4, -0.2) is 251 Å². The summed E-state index contributed by atoms with van der Waals surface area (Å²) in [6.07, 6.45) is -27.5. The number of carbonyl (C=O) groups excluding carboxylic acids is 1. The van der Waals surface area contributed by atoms with Crippen LogP contribution >= 0.6 is 0 Å². The molecule has 0 amide bonds. The molecule has 4 saturated carbocycles. The molecule has 14 N–H and O–H groups in total. The van der Waals surface area contributed by atoms with Crippen molar-refractivity contribution in [1.29, 1.82) is 0 Å². The van der Waals surface area contributed by atoms with Crippen molar-refractivity contribution < 1.29 is 124 Å². The van der Waals surface area contributed by atoms with E-state index in [1.54, 1.807) is 0 Å². The molecule has 0 unspecified atom stereocenters. The monoisotopic (exact) mass is 1170 g/mol. The molecule has 9 fully saturated rings. The summed E-state index contributed by atoms with van der Waals surface area (Å²) in [7, 11) is 0. The van der Waals surface area contributed by atoms with Gasteiger partial charge in [0.2, 0.25) is 6.29 Å². The van der Waals surface area contributed by atoms with Gasteiger partial charge in [-0.2, -0.15) is 0 Å². The van der Waals surface area contributed by atoms with Crippen LogP contribution in [0.3, 0.4) is 0 Å². The first kappa shape index (κ1) is 63.1. The predicted octanol–water partition coefficient (Wildman–Crippen LogP) is -2.38. The van der Waals surface area contributed by atoms with Gasteiger partial charge in [0.05, 0.1) is 44.1 Å². The van der Waals surface area contributed by atoms with Crippen LogP contribution in [-0.2, 0) is 52.2 Å². The topological polar surface area (TPSA) is 393 Å². The van der Waals surface area contributed by atoms with Crippen molar-refractivity contribution in [3.63, 3.8) is 0 Å². The fourth-order valence-corrected chi connectivity index (χ4v) is 16.8. The summed E-state index contributed by atoms with van der Waals surface area (Å²) in [6, 6.07) is 0. The van der Waals surface area contributed by atoms with Crippen LogP contribution < -0.4 is 0 Å². The number of aliphatic hydroxyl groups is 14. The van der Waals surface area contributed by atoms with Crippen LogP contribution in [0.25, 0.3) is 0 Å². The summed E-state index contributed by atoms with van der Waals surface area (Å²) < 4.78 is 59.4. The van der Waals surface area contributed by atoms with E-state index in [1.165, 1.54) is 12.5 Å². The van der Waals surface area contributed by atoms with Crippen molar-refractivity contribution in [3.05, 3.63) is 23.8 Å². The second kappa shape index (κ2) is 23.5. The number of aliphatic hydroxyl groups excluding tert-OH is 14. The number of hydrogen-bond acceptors (Lipinski definition) is 25. The molecule has 10 aliphatic rings. The molecule has 5 aliphatic heterocycles. The summed E-state index contributed by atoms with van der Waals surface area (Å²) in [4.78, 5) is 15.0. The van der Waals surface area contributed by atoms with Crippen molar-refractivity contribution in [3.8, 4) is 0 Å². The van der Waals surface area contributed by atoms with Gasteiger partial charge < -0.3 is 119 Å². The maximum atomic E-state index is 15.0. The van der Waals surface area contributed by atoms with Crippen molar-refractivity contribution in [2.75, 3.05) is 26.4 Å². The van der Waals surface area contributed by atoms with Gasteiger partial charge in [-0.1, -0.05) is 58.4 Å². The second-order valence-corrected chi connectivity index (χ2v) is 26.8. The van der Waals surface area contributed by atoms with Gasteiger partial charge in [0.15, 0.2) is 25.2 Å². The highest BCUT2D eigenvalue weighted by Gasteiger charge is 2.70. The van der Waals surface area contributed by atoms with Crippen LogP contribution in [0.5, 0.6) is 0 Å². The number of allylic oxidation sites excluding steroid dienone is 3. The zero-order valence-corrected chi connectivity index (χ0v) is 47.5. The Morgan fingerprint density at radius 3 is 1.93 bits per heavy atom. The normalized spacial score (nSPS) is 54.1. The predicted molar refractivity (Wildman–Crippen MR) is 277 cm³/mol. The number of rotatable bonds is 12. The average molecular weight is 1180 g/mol. The van der Waals surface area contributed by atoms with Gasteiger partial charge >= 0.3 is 5.97 Å². The fourth-order valence-electron chi connectivity index (χ4n) is 16.8. The summed E-state index contributed by atoms with van der Waals surface area (Å²) >= 11 is 0. The fraction of sp³-hybridized carbons (Fsp3) is 0.912. The molecule has 10 rings (SSSR count). The maximum absolute atomic E-state index is 15.0. The molecule has 0 aromatic heterocycles. The van der Waals surface area contributed by atoms with E-state index in [-0.39, 0.29) is 47.2 Å². The van der Waals surface area contributed by atoms with E-state index in [9.17, 15) is 76.3 Å². The van der Waals surface area contributed by atoms with Crippen LogP contribution in [0.15, 0.2) is 23.8 Å². The van der Waals surface area contributed by atoms with Gasteiger partial charge in [-0.15, -0.1) is 0 Å². The van der Waals surface area contributed by atoms with Gasteiger partial charge in [0.25, 0.3) is 0 Å². The van der Waals surface area contributed by atoms with Crippen molar-refractivity contribution in [2.24, 2.45) is 44.8 Å². The van der Waals surface area contributed by atoms with E-state index >= 15 is 0 Å². The average Bonchev–Trinajstić information content (AvgIpc) is 0.767. The van der Waals surface area contributed by atoms with E-state index in [4.69, 9.17) is 47.4 Å². The zero-order valence-electron chi connectivity index (χ0n) is 47.5. The van der Waals surface area contributed by atoms with E-state index < -0.39 is 177 Å². The minimum Gasteiger partial charge on any atom is -0.432 e. The first-order chi connectivity index (χ1) is 38.5. The van der Waals surface area contributed by atoms with E-state index in [0.29, 0.717) is 38.5 Å². The highest BCUT2D eigenvalue weighted by molar-refractivity contribution is 5.79. The SMILES string of the molecule is C=C1CC[C@]2(C(=O)O[C@@H]3O[C@H](CO[C@@H]4O[C@H](CO)[C@@H](O)[C@H](O)[C@H]4O)[C@@H](O)[C@H](O)[C@H]3O)CC[C@]3(C)C(=CC[C@@H]4[C@@]5(C)CC[C@H](O[C@@H]6OC[C@H](O)[C@H](O)[C@H]6O[C@H]6O[C@@H](C)[C@H](O)[C@@H](O[C@H]7OC[C@H](O)[C@H](O)[C@H]7O)[C@H]6O)C(C)(C)[C@H]5CC[C@]43C)[C@H]2C1. The molecule has 5 heterocycles. The van der Waals surface area contributed by atoms with Crippen molar-refractivity contribution in [2.45, 2.75) is 253 Å². The van der Waals surface area contributed by atoms with E-state index in [0.717, 1.165) is 31.3 Å². The number of carbonyl (C=O) groups is 1. The second-order valence-electron chi connectivity index (χ2n) is 26.8. The van der Waals surface area contributed by atoms with E-state index in [1.807, 2.05) is 0 Å². The number of ether oxygens (including phenoxy) is 10. The van der Waals surface area contributed by atoms with Crippen molar-refractivity contribution >= 4 is 5.97 Å². The first-order valence-electron chi connectivity index (χ1n) is 29.4. The van der Waals surface area contributed by atoms with Gasteiger partial charge in [-0.3, -0.25) is 4.79 Å². The molecular formula is C57H90O25. The van der Waals surface area contributed by atoms with E-state index in [2.05, 4.69) is 47.3 Å². The molecule has 0 bridgehead atoms. The lowest BCUT2D eigenvalue weighted by Crippen LogP contribution is -2.66. The summed E-state index contributed by atoms with van der Waals surface area (Å²) in [5.74, 6) is -0.592. The first-order valence-corrected chi connectivity index (χ1v) is 29.4. The Bertz CT molecular complexity index is 2310. The highest BCUT2D eigenvalue weighted by Crippen LogP contribution is 2.75. The summed E-state index contributed by atoms with van der Waals surface area (Å²) in [5, 5.41) is 150. The van der Waals surface area contributed by atoms with Gasteiger partial charge in [0, 0.05) is 5.92 Å². The number of fused-ring (bicyclic) bond motifs is 7. The Kier molecular flexibility index (Phi) is 18.1. The molecule has 5 saturated heterocycles. The Hall–Kier alpha value is -1.97. The molecule has 31 atom stereocenters. The molecular weight excluding hydrogens is 1080 g/mol. The summed E-state index contributed by atoms with van der Waals surface area (Å²) in [6.45, 7) is 15.4.